The monoisotopic (exact) mass is 260 g/mol. The number of nitrogens with zero attached hydrogens (tertiary/aromatic N) is 1. The molecule has 2 aliphatic heterocycles. The number of rotatable bonds is 3. The number of hydrogen-bond acceptors (Lipinski definition) is 3. The molecule has 2 heterocycles. The lowest BCUT2D eigenvalue weighted by Crippen LogP contribution is -2.38. The first-order valence-electron chi connectivity index (χ1n) is 7.36. The van der Waals surface area contributed by atoms with E-state index in [2.05, 4.69) is 49.2 Å². The van der Waals surface area contributed by atoms with Crippen molar-refractivity contribution in [2.24, 2.45) is 0 Å². The molecule has 3 heteroatoms. The van der Waals surface area contributed by atoms with Crippen molar-refractivity contribution in [3.8, 4) is 5.75 Å². The quantitative estimate of drug-likeness (QED) is 0.904. The molecule has 1 N–H and O–H groups in total. The number of hydrogen-bond donors (Lipinski definition) is 1. The highest BCUT2D eigenvalue weighted by Crippen LogP contribution is 2.37. The molecule has 1 fully saturated rings. The van der Waals surface area contributed by atoms with Crippen molar-refractivity contribution >= 4 is 5.69 Å². The Labute approximate surface area is 115 Å². The zero-order valence-electron chi connectivity index (χ0n) is 12.2. The Bertz CT molecular complexity index is 472. The minimum atomic E-state index is -0.0519. The van der Waals surface area contributed by atoms with E-state index in [9.17, 15) is 0 Å². The highest BCUT2D eigenvalue weighted by molar-refractivity contribution is 5.65. The SMILES string of the molecule is CC(C)N1CCC(C)(Oc2cccc3c2NCC3)C1. The van der Waals surface area contributed by atoms with Crippen LogP contribution in [0.25, 0.3) is 0 Å². The molecule has 2 aliphatic rings. The molecule has 0 aliphatic carbocycles. The van der Waals surface area contributed by atoms with Crippen molar-refractivity contribution in [2.45, 2.75) is 45.3 Å². The van der Waals surface area contributed by atoms with E-state index in [4.69, 9.17) is 4.74 Å². The van der Waals surface area contributed by atoms with Crippen LogP contribution in [0.1, 0.15) is 32.8 Å². The summed E-state index contributed by atoms with van der Waals surface area (Å²) >= 11 is 0. The summed E-state index contributed by atoms with van der Waals surface area (Å²) in [5, 5.41) is 3.46. The highest BCUT2D eigenvalue weighted by Gasteiger charge is 2.37. The molecule has 1 saturated heterocycles. The second-order valence-electron chi connectivity index (χ2n) is 6.33. The average molecular weight is 260 g/mol. The number of benzene rings is 1. The van der Waals surface area contributed by atoms with Gasteiger partial charge in [0.05, 0.1) is 5.69 Å². The largest absolute Gasteiger partial charge is 0.484 e. The van der Waals surface area contributed by atoms with Gasteiger partial charge in [0.15, 0.2) is 0 Å². The lowest BCUT2D eigenvalue weighted by atomic mass is 10.1. The molecule has 0 spiro atoms. The predicted octanol–water partition coefficient (Wildman–Crippen LogP) is 2.91. The molecular formula is C16H24N2O. The lowest BCUT2D eigenvalue weighted by molar-refractivity contribution is 0.0918. The summed E-state index contributed by atoms with van der Waals surface area (Å²) in [6.45, 7) is 9.94. The van der Waals surface area contributed by atoms with E-state index in [0.717, 1.165) is 38.2 Å². The van der Waals surface area contributed by atoms with Crippen LogP contribution in [0.3, 0.4) is 0 Å². The third-order valence-electron chi connectivity index (χ3n) is 4.36. The van der Waals surface area contributed by atoms with E-state index in [1.807, 2.05) is 0 Å². The molecule has 104 valence electrons. The van der Waals surface area contributed by atoms with Crippen molar-refractivity contribution in [1.82, 2.24) is 4.90 Å². The first-order valence-corrected chi connectivity index (χ1v) is 7.36. The fourth-order valence-electron chi connectivity index (χ4n) is 3.15. The molecule has 0 aromatic heterocycles. The van der Waals surface area contributed by atoms with Crippen molar-refractivity contribution in [3.63, 3.8) is 0 Å². The van der Waals surface area contributed by atoms with E-state index in [-0.39, 0.29) is 5.60 Å². The van der Waals surface area contributed by atoms with Crippen molar-refractivity contribution < 1.29 is 4.74 Å². The van der Waals surface area contributed by atoms with E-state index < -0.39 is 0 Å². The Balaban J connectivity index is 1.77. The molecule has 1 unspecified atom stereocenters. The van der Waals surface area contributed by atoms with Crippen LogP contribution in [0, 0.1) is 0 Å². The molecular weight excluding hydrogens is 236 g/mol. The molecule has 1 aromatic carbocycles. The third-order valence-corrected chi connectivity index (χ3v) is 4.36. The fourth-order valence-corrected chi connectivity index (χ4v) is 3.15. The van der Waals surface area contributed by atoms with Gasteiger partial charge in [-0.15, -0.1) is 0 Å². The van der Waals surface area contributed by atoms with E-state index in [1.165, 1.54) is 11.3 Å². The summed E-state index contributed by atoms with van der Waals surface area (Å²) in [6, 6.07) is 7.00. The topological polar surface area (TPSA) is 24.5 Å². The summed E-state index contributed by atoms with van der Waals surface area (Å²) in [5.74, 6) is 1.03. The zero-order chi connectivity index (χ0) is 13.5. The van der Waals surface area contributed by atoms with Crippen LogP contribution in [0.5, 0.6) is 5.75 Å². The standard InChI is InChI=1S/C16H24N2O/c1-12(2)18-10-8-16(3,11-18)19-14-6-4-5-13-7-9-17-15(13)14/h4-6,12,17H,7-11H2,1-3H3. The third kappa shape index (κ3) is 2.44. The number of nitrogens with one attached hydrogen (secondary N) is 1. The minimum Gasteiger partial charge on any atom is -0.484 e. The van der Waals surface area contributed by atoms with Crippen molar-refractivity contribution in [2.75, 3.05) is 25.0 Å². The normalized spacial score (nSPS) is 26.5. The summed E-state index contributed by atoms with van der Waals surface area (Å²) in [6.07, 6.45) is 2.22. The maximum atomic E-state index is 6.38. The summed E-state index contributed by atoms with van der Waals surface area (Å²) in [4.78, 5) is 2.50. The summed E-state index contributed by atoms with van der Waals surface area (Å²) in [5.41, 5.74) is 2.55. The van der Waals surface area contributed by atoms with Crippen LogP contribution in [0.2, 0.25) is 0 Å². The van der Waals surface area contributed by atoms with Gasteiger partial charge in [-0.25, -0.2) is 0 Å². The van der Waals surface area contributed by atoms with Crippen LogP contribution in [0.15, 0.2) is 18.2 Å². The molecule has 0 saturated carbocycles. The van der Waals surface area contributed by atoms with Crippen LogP contribution in [0.4, 0.5) is 5.69 Å². The second kappa shape index (κ2) is 4.71. The molecule has 19 heavy (non-hydrogen) atoms. The van der Waals surface area contributed by atoms with Gasteiger partial charge in [-0.3, -0.25) is 4.90 Å². The minimum absolute atomic E-state index is 0.0519. The number of fused-ring (bicyclic) bond motifs is 1. The maximum Gasteiger partial charge on any atom is 0.143 e. The van der Waals surface area contributed by atoms with Gasteiger partial charge >= 0.3 is 0 Å². The summed E-state index contributed by atoms with van der Waals surface area (Å²) in [7, 11) is 0. The number of ether oxygens (including phenoxy) is 1. The number of likely N-dealkylation sites (tertiary alicyclic amines) is 1. The van der Waals surface area contributed by atoms with Gasteiger partial charge in [0.1, 0.15) is 11.4 Å². The van der Waals surface area contributed by atoms with Crippen molar-refractivity contribution in [1.29, 1.82) is 0 Å². The Morgan fingerprint density at radius 2 is 2.21 bits per heavy atom. The maximum absolute atomic E-state index is 6.38. The first kappa shape index (κ1) is 12.8. The van der Waals surface area contributed by atoms with Gasteiger partial charge in [-0.1, -0.05) is 12.1 Å². The lowest BCUT2D eigenvalue weighted by Gasteiger charge is -2.28. The molecule has 0 amide bonds. The van der Waals surface area contributed by atoms with Gasteiger partial charge in [-0.05, 0) is 38.8 Å². The van der Waals surface area contributed by atoms with E-state index >= 15 is 0 Å². The summed E-state index contributed by atoms with van der Waals surface area (Å²) < 4.78 is 6.38. The van der Waals surface area contributed by atoms with Gasteiger partial charge in [-0.2, -0.15) is 0 Å². The van der Waals surface area contributed by atoms with Crippen LogP contribution in [-0.4, -0.2) is 36.2 Å². The van der Waals surface area contributed by atoms with Crippen LogP contribution < -0.4 is 10.1 Å². The average Bonchev–Trinajstić information content (AvgIpc) is 2.96. The molecule has 0 radical (unpaired) electrons. The smallest absolute Gasteiger partial charge is 0.143 e. The van der Waals surface area contributed by atoms with Crippen LogP contribution in [-0.2, 0) is 6.42 Å². The molecule has 0 bridgehead atoms. The molecule has 1 atom stereocenters. The first-order chi connectivity index (χ1) is 9.07. The van der Waals surface area contributed by atoms with Gasteiger partial charge in [0, 0.05) is 32.1 Å². The Morgan fingerprint density at radius 1 is 1.37 bits per heavy atom. The number of para-hydroxylation sites is 1. The Kier molecular flexibility index (Phi) is 3.17. The molecule has 3 nitrogen and oxygen atoms in total. The van der Waals surface area contributed by atoms with Gasteiger partial charge < -0.3 is 10.1 Å². The van der Waals surface area contributed by atoms with Gasteiger partial charge in [0.2, 0.25) is 0 Å². The fraction of sp³-hybridized carbons (Fsp3) is 0.625. The number of anilines is 1. The Morgan fingerprint density at radius 3 is 2.95 bits per heavy atom. The molecule has 3 rings (SSSR count). The van der Waals surface area contributed by atoms with E-state index in [0.29, 0.717) is 6.04 Å². The predicted molar refractivity (Wildman–Crippen MR) is 79.0 cm³/mol. The van der Waals surface area contributed by atoms with Gasteiger partial charge in [0.25, 0.3) is 0 Å². The zero-order valence-corrected chi connectivity index (χ0v) is 12.2. The van der Waals surface area contributed by atoms with Crippen molar-refractivity contribution in [3.05, 3.63) is 23.8 Å². The highest BCUT2D eigenvalue weighted by atomic mass is 16.5. The van der Waals surface area contributed by atoms with Crippen LogP contribution >= 0.6 is 0 Å². The van der Waals surface area contributed by atoms with E-state index in [1.54, 1.807) is 0 Å². The molecule has 1 aromatic rings. The second-order valence-corrected chi connectivity index (χ2v) is 6.33. The Hall–Kier alpha value is -1.22.